The Morgan fingerprint density at radius 1 is 1.28 bits per heavy atom. The summed E-state index contributed by atoms with van der Waals surface area (Å²) in [5.74, 6) is 0.916. The fraction of sp³-hybridized carbons (Fsp3) is 0.500. The third-order valence-electron chi connectivity index (χ3n) is 6.05. The molecule has 2 atom stereocenters. The van der Waals surface area contributed by atoms with Crippen LogP contribution in [-0.2, 0) is 22.7 Å². The summed E-state index contributed by atoms with van der Waals surface area (Å²) in [5.41, 5.74) is 2.13. The Morgan fingerprint density at radius 3 is 2.83 bits per heavy atom. The number of methoxy groups -OCH3 is 1. The first kappa shape index (κ1) is 19.6. The van der Waals surface area contributed by atoms with Crippen LogP contribution < -0.4 is 0 Å². The van der Waals surface area contributed by atoms with Gasteiger partial charge in [-0.2, -0.15) is 0 Å². The third kappa shape index (κ3) is 3.92. The standard InChI is InChI=1S/C22H27N3O4/c1-15-18(14-28-2)21(23-29-15)22(27)24-12-17-9-6-10-20(26)25(19(17)13-24)11-16-7-4-3-5-8-16/h3-5,7-8,17,19H,6,9-14H2,1-2H3/t17-,19+/m1/s1. The summed E-state index contributed by atoms with van der Waals surface area (Å²) in [5, 5.41) is 3.99. The van der Waals surface area contributed by atoms with Gasteiger partial charge in [-0.25, -0.2) is 0 Å². The number of carbonyl (C=O) groups excluding carboxylic acids is 2. The second kappa shape index (κ2) is 8.37. The summed E-state index contributed by atoms with van der Waals surface area (Å²) in [6, 6.07) is 10.1. The highest BCUT2D eigenvalue weighted by molar-refractivity contribution is 5.94. The highest BCUT2D eigenvalue weighted by atomic mass is 16.5. The van der Waals surface area contributed by atoms with Crippen molar-refractivity contribution in [2.45, 2.75) is 45.4 Å². The van der Waals surface area contributed by atoms with Gasteiger partial charge < -0.3 is 19.1 Å². The zero-order valence-corrected chi connectivity index (χ0v) is 17.0. The second-order valence-electron chi connectivity index (χ2n) is 7.94. The molecule has 2 fully saturated rings. The Labute approximate surface area is 170 Å². The van der Waals surface area contributed by atoms with Crippen LogP contribution in [0.5, 0.6) is 0 Å². The highest BCUT2D eigenvalue weighted by Crippen LogP contribution is 2.32. The van der Waals surface area contributed by atoms with Gasteiger partial charge in [0.25, 0.3) is 5.91 Å². The van der Waals surface area contributed by atoms with Gasteiger partial charge >= 0.3 is 0 Å². The summed E-state index contributed by atoms with van der Waals surface area (Å²) in [7, 11) is 1.58. The van der Waals surface area contributed by atoms with Crippen LogP contribution in [0.3, 0.4) is 0 Å². The molecule has 0 N–H and O–H groups in total. The maximum Gasteiger partial charge on any atom is 0.276 e. The molecule has 4 rings (SSSR count). The van der Waals surface area contributed by atoms with E-state index in [1.165, 1.54) is 0 Å². The van der Waals surface area contributed by atoms with Gasteiger partial charge in [-0.1, -0.05) is 35.5 Å². The maximum atomic E-state index is 13.2. The van der Waals surface area contributed by atoms with Crippen molar-refractivity contribution in [3.63, 3.8) is 0 Å². The predicted octanol–water partition coefficient (Wildman–Crippen LogP) is 2.78. The summed E-state index contributed by atoms with van der Waals surface area (Å²) >= 11 is 0. The smallest absolute Gasteiger partial charge is 0.276 e. The normalized spacial score (nSPS) is 21.9. The Morgan fingerprint density at radius 2 is 2.07 bits per heavy atom. The van der Waals surface area contributed by atoms with Crippen molar-refractivity contribution in [2.24, 2.45) is 5.92 Å². The Hall–Kier alpha value is -2.67. The molecule has 2 amide bonds. The monoisotopic (exact) mass is 397 g/mol. The van der Waals surface area contributed by atoms with Gasteiger partial charge in [-0.15, -0.1) is 0 Å². The SMILES string of the molecule is COCc1c(C(=O)N2C[C@H]3CCCC(=O)N(Cc4ccccc4)[C@H]3C2)noc1C. The van der Waals surface area contributed by atoms with Crippen LogP contribution in [0.15, 0.2) is 34.9 Å². The van der Waals surface area contributed by atoms with E-state index >= 15 is 0 Å². The molecule has 2 aliphatic heterocycles. The Balaban J connectivity index is 1.55. The summed E-state index contributed by atoms with van der Waals surface area (Å²) in [4.78, 5) is 29.8. The summed E-state index contributed by atoms with van der Waals surface area (Å²) < 4.78 is 10.4. The lowest BCUT2D eigenvalue weighted by atomic mass is 9.98. The third-order valence-corrected chi connectivity index (χ3v) is 6.05. The van der Waals surface area contributed by atoms with Gasteiger partial charge in [-0.05, 0) is 31.2 Å². The van der Waals surface area contributed by atoms with Crippen LogP contribution >= 0.6 is 0 Å². The van der Waals surface area contributed by atoms with Crippen LogP contribution in [0.1, 0.15) is 46.6 Å². The number of likely N-dealkylation sites (tertiary alicyclic amines) is 2. The minimum atomic E-state index is -0.144. The molecule has 2 aliphatic rings. The minimum Gasteiger partial charge on any atom is -0.380 e. The number of nitrogens with zero attached hydrogens (tertiary/aromatic N) is 3. The summed E-state index contributed by atoms with van der Waals surface area (Å²) in [6.07, 6.45) is 2.40. The van der Waals surface area contributed by atoms with Crippen molar-refractivity contribution in [1.82, 2.24) is 15.0 Å². The van der Waals surface area contributed by atoms with E-state index in [9.17, 15) is 9.59 Å². The average molecular weight is 397 g/mol. The average Bonchev–Trinajstić information content (AvgIpc) is 3.27. The fourth-order valence-corrected chi connectivity index (χ4v) is 4.51. The number of rotatable bonds is 5. The molecular formula is C22H27N3O4. The summed E-state index contributed by atoms with van der Waals surface area (Å²) in [6.45, 7) is 3.82. The molecule has 154 valence electrons. The molecule has 7 nitrogen and oxygen atoms in total. The molecule has 0 saturated carbocycles. The molecule has 3 heterocycles. The zero-order chi connectivity index (χ0) is 20.4. The predicted molar refractivity (Wildman–Crippen MR) is 106 cm³/mol. The van der Waals surface area contributed by atoms with Crippen LogP contribution in [-0.4, -0.2) is 53.0 Å². The van der Waals surface area contributed by atoms with Gasteiger partial charge in [0.05, 0.1) is 18.2 Å². The van der Waals surface area contributed by atoms with Crippen molar-refractivity contribution < 1.29 is 18.8 Å². The molecule has 0 radical (unpaired) electrons. The molecule has 2 saturated heterocycles. The number of hydrogen-bond donors (Lipinski definition) is 0. The molecule has 1 aromatic carbocycles. The van der Waals surface area contributed by atoms with E-state index in [2.05, 4.69) is 5.16 Å². The van der Waals surface area contributed by atoms with E-state index in [1.54, 1.807) is 14.0 Å². The zero-order valence-electron chi connectivity index (χ0n) is 17.0. The minimum absolute atomic E-state index is 0.0352. The molecule has 2 aromatic rings. The molecule has 29 heavy (non-hydrogen) atoms. The van der Waals surface area contributed by atoms with Crippen molar-refractivity contribution >= 4 is 11.8 Å². The van der Waals surface area contributed by atoms with E-state index in [-0.39, 0.29) is 30.4 Å². The van der Waals surface area contributed by atoms with Gasteiger partial charge in [0.2, 0.25) is 5.91 Å². The molecule has 7 heteroatoms. The highest BCUT2D eigenvalue weighted by Gasteiger charge is 2.42. The maximum absolute atomic E-state index is 13.2. The van der Waals surface area contributed by atoms with Gasteiger partial charge in [-0.3, -0.25) is 9.59 Å². The number of aromatic nitrogens is 1. The van der Waals surface area contributed by atoms with E-state index in [4.69, 9.17) is 9.26 Å². The lowest BCUT2D eigenvalue weighted by molar-refractivity contribution is -0.133. The molecule has 0 bridgehead atoms. The lowest BCUT2D eigenvalue weighted by Gasteiger charge is -2.30. The van der Waals surface area contributed by atoms with Gasteiger partial charge in [0.15, 0.2) is 5.69 Å². The molecule has 0 aliphatic carbocycles. The van der Waals surface area contributed by atoms with Crippen LogP contribution in [0.4, 0.5) is 0 Å². The fourth-order valence-electron chi connectivity index (χ4n) is 4.51. The number of hydrogen-bond acceptors (Lipinski definition) is 5. The first-order valence-electron chi connectivity index (χ1n) is 10.1. The molecule has 0 unspecified atom stereocenters. The van der Waals surface area contributed by atoms with Crippen LogP contribution in [0.25, 0.3) is 0 Å². The van der Waals surface area contributed by atoms with E-state index in [0.717, 1.165) is 18.4 Å². The quantitative estimate of drug-likeness (QED) is 0.775. The largest absolute Gasteiger partial charge is 0.380 e. The van der Waals surface area contributed by atoms with Crippen molar-refractivity contribution in [2.75, 3.05) is 20.2 Å². The second-order valence-corrected chi connectivity index (χ2v) is 7.94. The van der Waals surface area contributed by atoms with Crippen LogP contribution in [0, 0.1) is 12.8 Å². The molecular weight excluding hydrogens is 370 g/mol. The number of carbonyl (C=O) groups is 2. The van der Waals surface area contributed by atoms with Crippen LogP contribution in [0.2, 0.25) is 0 Å². The number of aryl methyl sites for hydroxylation is 1. The molecule has 0 spiro atoms. The van der Waals surface area contributed by atoms with Crippen molar-refractivity contribution in [3.05, 3.63) is 52.9 Å². The van der Waals surface area contributed by atoms with Crippen molar-refractivity contribution in [1.29, 1.82) is 0 Å². The Bertz CT molecular complexity index is 879. The first-order valence-corrected chi connectivity index (χ1v) is 10.1. The van der Waals surface area contributed by atoms with E-state index in [0.29, 0.717) is 43.1 Å². The Kier molecular flexibility index (Phi) is 5.67. The van der Waals surface area contributed by atoms with E-state index < -0.39 is 0 Å². The van der Waals surface area contributed by atoms with Gasteiger partial charge in [0, 0.05) is 33.2 Å². The number of benzene rings is 1. The first-order chi connectivity index (χ1) is 14.1. The lowest BCUT2D eigenvalue weighted by Crippen LogP contribution is -2.43. The number of ether oxygens (including phenoxy) is 1. The molecule has 1 aromatic heterocycles. The van der Waals surface area contributed by atoms with Gasteiger partial charge in [0.1, 0.15) is 5.76 Å². The number of amides is 2. The van der Waals surface area contributed by atoms with E-state index in [1.807, 2.05) is 40.1 Å². The topological polar surface area (TPSA) is 75.9 Å². The van der Waals surface area contributed by atoms with Crippen molar-refractivity contribution in [3.8, 4) is 0 Å². The number of fused-ring (bicyclic) bond motifs is 1.